The Morgan fingerprint density at radius 3 is 2.28 bits per heavy atom. The molecule has 1 saturated carbocycles. The maximum atomic E-state index is 13.4. The second-order valence-electron chi connectivity index (χ2n) is 5.66. The molecule has 1 aliphatic rings. The predicted octanol–water partition coefficient (Wildman–Crippen LogP) is 5.84. The topological polar surface area (TPSA) is 55.1 Å². The van der Waals surface area contributed by atoms with Crippen LogP contribution in [0.2, 0.25) is 10.0 Å². The third-order valence-electron chi connectivity index (χ3n) is 3.44. The van der Waals surface area contributed by atoms with Gasteiger partial charge in [0.1, 0.15) is 4.33 Å². The standard InChI is InChI=1S/C10H9Cl2FN2O.C7H6Cl2/c11-10(12)4-5(10)9(16)15-7-3-1-2-6(14)8(7)13;1-5-2-6(8)4-7(9)3-5/h1-3,5H,4,14H2,(H,15,16);2-4H,1H3. The Morgan fingerprint density at radius 2 is 1.80 bits per heavy atom. The van der Waals surface area contributed by atoms with Gasteiger partial charge in [0.15, 0.2) is 5.82 Å². The lowest BCUT2D eigenvalue weighted by Gasteiger charge is -2.07. The van der Waals surface area contributed by atoms with Gasteiger partial charge in [-0.3, -0.25) is 4.79 Å². The number of anilines is 2. The Labute approximate surface area is 165 Å². The molecule has 3 rings (SSSR count). The monoisotopic (exact) mass is 422 g/mol. The van der Waals surface area contributed by atoms with E-state index in [4.69, 9.17) is 52.1 Å². The molecule has 8 heteroatoms. The van der Waals surface area contributed by atoms with Crippen molar-refractivity contribution in [2.24, 2.45) is 5.92 Å². The average Bonchev–Trinajstić information content (AvgIpc) is 3.12. The molecule has 0 spiro atoms. The number of hydrogen-bond acceptors (Lipinski definition) is 2. The molecule has 0 aliphatic heterocycles. The van der Waals surface area contributed by atoms with Crippen LogP contribution < -0.4 is 11.1 Å². The third kappa shape index (κ3) is 5.65. The maximum absolute atomic E-state index is 13.4. The van der Waals surface area contributed by atoms with Crippen molar-refractivity contribution in [1.82, 2.24) is 0 Å². The van der Waals surface area contributed by atoms with Gasteiger partial charge < -0.3 is 11.1 Å². The zero-order valence-corrected chi connectivity index (χ0v) is 16.1. The van der Waals surface area contributed by atoms with Crippen LogP contribution in [0.3, 0.4) is 0 Å². The predicted molar refractivity (Wildman–Crippen MR) is 103 cm³/mol. The third-order valence-corrected chi connectivity index (χ3v) is 4.71. The smallest absolute Gasteiger partial charge is 0.230 e. The van der Waals surface area contributed by atoms with Crippen LogP contribution in [0.25, 0.3) is 0 Å². The zero-order valence-electron chi connectivity index (χ0n) is 13.1. The second kappa shape index (κ2) is 8.00. The number of carbonyl (C=O) groups excluding carboxylic acids is 1. The van der Waals surface area contributed by atoms with E-state index in [0.29, 0.717) is 16.5 Å². The molecule has 134 valence electrons. The number of nitrogens with two attached hydrogens (primary N) is 1. The molecule has 1 fully saturated rings. The second-order valence-corrected chi connectivity index (χ2v) is 8.08. The number of aryl methyl sites for hydroxylation is 1. The molecule has 1 unspecified atom stereocenters. The molecule has 1 atom stereocenters. The first-order valence-electron chi connectivity index (χ1n) is 7.25. The van der Waals surface area contributed by atoms with Crippen molar-refractivity contribution in [3.8, 4) is 0 Å². The molecule has 0 aromatic heterocycles. The number of alkyl halides is 2. The Hall–Kier alpha value is -1.20. The summed E-state index contributed by atoms with van der Waals surface area (Å²) in [6.45, 7) is 1.96. The van der Waals surface area contributed by atoms with Crippen molar-refractivity contribution in [3.05, 3.63) is 57.8 Å². The summed E-state index contributed by atoms with van der Waals surface area (Å²) in [6, 6.07) is 9.85. The van der Waals surface area contributed by atoms with E-state index in [9.17, 15) is 9.18 Å². The fraction of sp³-hybridized carbons (Fsp3) is 0.235. The van der Waals surface area contributed by atoms with Crippen LogP contribution in [-0.2, 0) is 4.79 Å². The van der Waals surface area contributed by atoms with Gasteiger partial charge in [0.2, 0.25) is 5.91 Å². The molecule has 0 bridgehead atoms. The van der Waals surface area contributed by atoms with Crippen LogP contribution in [0.1, 0.15) is 12.0 Å². The summed E-state index contributed by atoms with van der Waals surface area (Å²) < 4.78 is 12.4. The SMILES string of the molecule is Cc1cc(Cl)cc(Cl)c1.Nc1cccc(NC(=O)C2CC2(Cl)Cl)c1F. The summed E-state index contributed by atoms with van der Waals surface area (Å²) in [4.78, 5) is 11.6. The molecule has 25 heavy (non-hydrogen) atoms. The summed E-state index contributed by atoms with van der Waals surface area (Å²) in [5.41, 5.74) is 6.48. The van der Waals surface area contributed by atoms with Gasteiger partial charge in [-0.05, 0) is 49.2 Å². The highest BCUT2D eigenvalue weighted by atomic mass is 35.5. The van der Waals surface area contributed by atoms with E-state index in [1.54, 1.807) is 12.1 Å². The number of hydrogen-bond donors (Lipinski definition) is 2. The quantitative estimate of drug-likeness (QED) is 0.470. The Kier molecular flexibility index (Phi) is 6.44. The number of carbonyl (C=O) groups is 1. The van der Waals surface area contributed by atoms with Crippen LogP contribution >= 0.6 is 46.4 Å². The zero-order chi connectivity index (χ0) is 18.8. The van der Waals surface area contributed by atoms with Crippen molar-refractivity contribution in [3.63, 3.8) is 0 Å². The molecule has 0 saturated heterocycles. The molecule has 3 nitrogen and oxygen atoms in total. The van der Waals surface area contributed by atoms with E-state index in [0.717, 1.165) is 5.56 Å². The van der Waals surface area contributed by atoms with Gasteiger partial charge in [0.25, 0.3) is 0 Å². The maximum Gasteiger partial charge on any atom is 0.230 e. The van der Waals surface area contributed by atoms with Gasteiger partial charge in [-0.1, -0.05) is 29.3 Å². The molecule has 1 aliphatic carbocycles. The number of halogens is 5. The molecule has 2 aromatic rings. The molecule has 1 amide bonds. The molecular formula is C17H15Cl4FN2O. The minimum atomic E-state index is -1.01. The number of rotatable bonds is 2. The van der Waals surface area contributed by atoms with E-state index in [1.807, 2.05) is 19.1 Å². The Morgan fingerprint density at radius 1 is 1.24 bits per heavy atom. The van der Waals surface area contributed by atoms with E-state index in [2.05, 4.69) is 5.32 Å². The van der Waals surface area contributed by atoms with Crippen LogP contribution in [0.5, 0.6) is 0 Å². The Balaban J connectivity index is 0.000000212. The van der Waals surface area contributed by atoms with Gasteiger partial charge in [-0.15, -0.1) is 23.2 Å². The number of amides is 1. The van der Waals surface area contributed by atoms with Gasteiger partial charge in [0, 0.05) is 10.0 Å². The van der Waals surface area contributed by atoms with Crippen molar-refractivity contribution in [1.29, 1.82) is 0 Å². The minimum Gasteiger partial charge on any atom is -0.396 e. The largest absolute Gasteiger partial charge is 0.396 e. The number of nitrogen functional groups attached to an aromatic ring is 1. The number of nitrogens with one attached hydrogen (secondary N) is 1. The summed E-state index contributed by atoms with van der Waals surface area (Å²) in [7, 11) is 0. The molecule has 2 aromatic carbocycles. The highest BCUT2D eigenvalue weighted by Gasteiger charge is 2.56. The van der Waals surface area contributed by atoms with Crippen LogP contribution in [0.15, 0.2) is 36.4 Å². The van der Waals surface area contributed by atoms with Crippen molar-refractivity contribution in [2.45, 2.75) is 17.7 Å². The summed E-state index contributed by atoms with van der Waals surface area (Å²) >= 11 is 22.8. The van der Waals surface area contributed by atoms with E-state index in [-0.39, 0.29) is 11.4 Å². The van der Waals surface area contributed by atoms with Crippen molar-refractivity contribution in [2.75, 3.05) is 11.1 Å². The van der Waals surface area contributed by atoms with Gasteiger partial charge in [0.05, 0.1) is 17.3 Å². The highest BCUT2D eigenvalue weighted by Crippen LogP contribution is 2.53. The first-order valence-corrected chi connectivity index (χ1v) is 8.76. The molecule has 0 heterocycles. The average molecular weight is 424 g/mol. The van der Waals surface area contributed by atoms with Crippen molar-refractivity contribution < 1.29 is 9.18 Å². The fourth-order valence-electron chi connectivity index (χ4n) is 2.06. The van der Waals surface area contributed by atoms with Gasteiger partial charge >= 0.3 is 0 Å². The van der Waals surface area contributed by atoms with Crippen LogP contribution in [-0.4, -0.2) is 10.2 Å². The summed E-state index contributed by atoms with van der Waals surface area (Å²) in [5, 5.41) is 3.79. The van der Waals surface area contributed by atoms with E-state index < -0.39 is 22.0 Å². The first-order chi connectivity index (χ1) is 11.6. The van der Waals surface area contributed by atoms with Gasteiger partial charge in [-0.25, -0.2) is 4.39 Å². The number of benzene rings is 2. The summed E-state index contributed by atoms with van der Waals surface area (Å²) in [5.74, 6) is -1.53. The normalized spacial score (nSPS) is 17.3. The Bertz CT molecular complexity index is 748. The van der Waals surface area contributed by atoms with E-state index in [1.165, 1.54) is 12.1 Å². The van der Waals surface area contributed by atoms with Crippen LogP contribution in [0.4, 0.5) is 15.8 Å². The van der Waals surface area contributed by atoms with Crippen LogP contribution in [0, 0.1) is 18.7 Å². The van der Waals surface area contributed by atoms with Crippen molar-refractivity contribution >= 4 is 63.7 Å². The first kappa shape index (κ1) is 20.1. The summed E-state index contributed by atoms with van der Waals surface area (Å²) in [6.07, 6.45) is 0.381. The van der Waals surface area contributed by atoms with Gasteiger partial charge in [-0.2, -0.15) is 0 Å². The highest BCUT2D eigenvalue weighted by molar-refractivity contribution is 6.52. The minimum absolute atomic E-state index is 0.0170. The lowest BCUT2D eigenvalue weighted by molar-refractivity contribution is -0.117. The lowest BCUT2D eigenvalue weighted by atomic mass is 10.2. The fourth-order valence-corrected chi connectivity index (χ4v) is 3.20. The lowest BCUT2D eigenvalue weighted by Crippen LogP contribution is -2.17. The molecular weight excluding hydrogens is 409 g/mol. The van der Waals surface area contributed by atoms with E-state index >= 15 is 0 Å². The molecule has 0 radical (unpaired) electrons. The molecule has 3 N–H and O–H groups in total.